The third-order valence-corrected chi connectivity index (χ3v) is 2.84. The van der Waals surface area contributed by atoms with Crippen LogP contribution in [0.3, 0.4) is 0 Å². The Labute approximate surface area is 112 Å². The van der Waals surface area contributed by atoms with E-state index in [4.69, 9.17) is 0 Å². The Balaban J connectivity index is 2.35. The molecule has 1 heterocycles. The molecule has 0 bridgehead atoms. The number of aryl methyl sites for hydroxylation is 2. The number of aromatic nitrogens is 2. The van der Waals surface area contributed by atoms with Crippen molar-refractivity contribution in [3.8, 4) is 0 Å². The summed E-state index contributed by atoms with van der Waals surface area (Å²) >= 11 is 0. The zero-order chi connectivity index (χ0) is 14.0. The van der Waals surface area contributed by atoms with Gasteiger partial charge in [-0.3, -0.25) is 9.78 Å². The maximum atomic E-state index is 11.6. The van der Waals surface area contributed by atoms with Crippen molar-refractivity contribution >= 4 is 11.6 Å². The molecule has 0 radical (unpaired) electrons. The molecular weight excluding hydrogens is 238 g/mol. The summed E-state index contributed by atoms with van der Waals surface area (Å²) < 4.78 is 0. The molecule has 0 aliphatic rings. The number of aromatic amines is 1. The van der Waals surface area contributed by atoms with E-state index in [0.29, 0.717) is 5.95 Å². The molecule has 4 nitrogen and oxygen atoms in total. The molecular formula is C15H19N3O. The van der Waals surface area contributed by atoms with Gasteiger partial charge in [0.1, 0.15) is 0 Å². The first-order valence-corrected chi connectivity index (χ1v) is 6.40. The van der Waals surface area contributed by atoms with Crippen LogP contribution in [0.2, 0.25) is 0 Å². The average Bonchev–Trinajstić information content (AvgIpc) is 2.26. The van der Waals surface area contributed by atoms with Gasteiger partial charge in [-0.25, -0.2) is 4.98 Å². The van der Waals surface area contributed by atoms with Crippen molar-refractivity contribution in [2.24, 2.45) is 0 Å². The van der Waals surface area contributed by atoms with Gasteiger partial charge in [0.15, 0.2) is 0 Å². The molecule has 2 N–H and O–H groups in total. The first-order chi connectivity index (χ1) is 8.94. The molecule has 0 saturated carbocycles. The van der Waals surface area contributed by atoms with Crippen LogP contribution in [0.4, 0.5) is 11.6 Å². The molecule has 0 unspecified atom stereocenters. The topological polar surface area (TPSA) is 57.8 Å². The largest absolute Gasteiger partial charge is 0.326 e. The highest BCUT2D eigenvalue weighted by molar-refractivity contribution is 5.55. The van der Waals surface area contributed by atoms with Gasteiger partial charge in [-0.15, -0.1) is 0 Å². The van der Waals surface area contributed by atoms with Crippen LogP contribution in [-0.4, -0.2) is 9.97 Å². The van der Waals surface area contributed by atoms with Crippen molar-refractivity contribution in [3.63, 3.8) is 0 Å². The zero-order valence-electron chi connectivity index (χ0n) is 11.7. The van der Waals surface area contributed by atoms with Gasteiger partial charge < -0.3 is 5.32 Å². The Morgan fingerprint density at radius 1 is 1.11 bits per heavy atom. The number of nitrogens with one attached hydrogen (secondary N) is 2. The fourth-order valence-electron chi connectivity index (χ4n) is 2.01. The molecule has 19 heavy (non-hydrogen) atoms. The van der Waals surface area contributed by atoms with Gasteiger partial charge in [-0.05, 0) is 43.0 Å². The molecule has 100 valence electrons. The summed E-state index contributed by atoms with van der Waals surface area (Å²) in [7, 11) is 0. The van der Waals surface area contributed by atoms with E-state index in [9.17, 15) is 4.79 Å². The molecule has 1 aromatic heterocycles. The molecule has 0 spiro atoms. The van der Waals surface area contributed by atoms with Crippen LogP contribution < -0.4 is 10.9 Å². The lowest BCUT2D eigenvalue weighted by Crippen LogP contribution is -2.12. The average molecular weight is 257 g/mol. The fraction of sp³-hybridized carbons (Fsp3) is 0.333. The number of benzene rings is 1. The number of hydrogen-bond acceptors (Lipinski definition) is 3. The number of anilines is 2. The van der Waals surface area contributed by atoms with Crippen LogP contribution in [-0.2, 0) is 0 Å². The van der Waals surface area contributed by atoms with Gasteiger partial charge in [0, 0.05) is 11.8 Å². The second-order valence-corrected chi connectivity index (χ2v) is 5.17. The molecule has 0 atom stereocenters. The molecule has 0 amide bonds. The van der Waals surface area contributed by atoms with Crippen LogP contribution in [0, 0.1) is 13.8 Å². The van der Waals surface area contributed by atoms with Gasteiger partial charge in [0.05, 0.1) is 5.69 Å². The van der Waals surface area contributed by atoms with E-state index < -0.39 is 0 Å². The van der Waals surface area contributed by atoms with Crippen molar-refractivity contribution in [3.05, 3.63) is 51.4 Å². The molecule has 4 heteroatoms. The zero-order valence-corrected chi connectivity index (χ0v) is 11.7. The lowest BCUT2D eigenvalue weighted by molar-refractivity contribution is 0.812. The standard InChI is InChI=1S/C15H19N3O/c1-9(2)13-8-14(19)18-15(17-13)16-12-6-10(3)5-11(4)7-12/h5-9H,1-4H3,(H2,16,17,18,19). The van der Waals surface area contributed by atoms with Gasteiger partial charge in [0.25, 0.3) is 5.56 Å². The second-order valence-electron chi connectivity index (χ2n) is 5.17. The molecule has 0 saturated heterocycles. The van der Waals surface area contributed by atoms with Crippen molar-refractivity contribution in [1.82, 2.24) is 9.97 Å². The Morgan fingerprint density at radius 3 is 2.32 bits per heavy atom. The maximum Gasteiger partial charge on any atom is 0.252 e. The molecule has 1 aromatic carbocycles. The lowest BCUT2D eigenvalue weighted by atomic mass is 10.1. The van der Waals surface area contributed by atoms with E-state index in [-0.39, 0.29) is 11.5 Å². The summed E-state index contributed by atoms with van der Waals surface area (Å²) in [5, 5.41) is 3.16. The highest BCUT2D eigenvalue weighted by Crippen LogP contribution is 2.18. The number of H-pyrrole nitrogens is 1. The summed E-state index contributed by atoms with van der Waals surface area (Å²) in [4.78, 5) is 18.7. The Morgan fingerprint density at radius 2 is 1.74 bits per heavy atom. The van der Waals surface area contributed by atoms with Crippen molar-refractivity contribution < 1.29 is 0 Å². The summed E-state index contributed by atoms with van der Waals surface area (Å²) in [6, 6.07) is 7.69. The predicted octanol–water partition coefficient (Wildman–Crippen LogP) is 3.25. The monoisotopic (exact) mass is 257 g/mol. The van der Waals surface area contributed by atoms with Crippen molar-refractivity contribution in [2.45, 2.75) is 33.6 Å². The van der Waals surface area contributed by atoms with Crippen molar-refractivity contribution in [2.75, 3.05) is 5.32 Å². The molecule has 2 aromatic rings. The van der Waals surface area contributed by atoms with Gasteiger partial charge in [-0.1, -0.05) is 19.9 Å². The minimum Gasteiger partial charge on any atom is -0.326 e. The number of nitrogens with zero attached hydrogens (tertiary/aromatic N) is 1. The van der Waals surface area contributed by atoms with Gasteiger partial charge in [-0.2, -0.15) is 0 Å². The minimum absolute atomic E-state index is 0.134. The Bertz CT molecular complexity index is 624. The van der Waals surface area contributed by atoms with Crippen molar-refractivity contribution in [1.29, 1.82) is 0 Å². The fourth-order valence-corrected chi connectivity index (χ4v) is 2.01. The first kappa shape index (κ1) is 13.3. The summed E-state index contributed by atoms with van der Waals surface area (Å²) in [6.45, 7) is 8.11. The summed E-state index contributed by atoms with van der Waals surface area (Å²) in [5.74, 6) is 0.711. The minimum atomic E-state index is -0.134. The van der Waals surface area contributed by atoms with Crippen LogP contribution in [0.1, 0.15) is 36.6 Å². The Hall–Kier alpha value is -2.10. The smallest absolute Gasteiger partial charge is 0.252 e. The number of rotatable bonds is 3. The predicted molar refractivity (Wildman–Crippen MR) is 78.1 cm³/mol. The third kappa shape index (κ3) is 3.44. The third-order valence-electron chi connectivity index (χ3n) is 2.84. The quantitative estimate of drug-likeness (QED) is 0.887. The second kappa shape index (κ2) is 5.26. The van der Waals surface area contributed by atoms with Crippen LogP contribution in [0.25, 0.3) is 0 Å². The normalized spacial score (nSPS) is 10.8. The van der Waals surface area contributed by atoms with E-state index in [1.165, 1.54) is 17.2 Å². The van der Waals surface area contributed by atoms with Crippen LogP contribution >= 0.6 is 0 Å². The maximum absolute atomic E-state index is 11.6. The van der Waals surface area contributed by atoms with E-state index in [1.54, 1.807) is 0 Å². The van der Waals surface area contributed by atoms with Gasteiger partial charge in [0.2, 0.25) is 5.95 Å². The molecule has 0 fully saturated rings. The van der Waals surface area contributed by atoms with Crippen LogP contribution in [0.5, 0.6) is 0 Å². The first-order valence-electron chi connectivity index (χ1n) is 6.40. The highest BCUT2D eigenvalue weighted by atomic mass is 16.1. The SMILES string of the molecule is Cc1cc(C)cc(Nc2nc(C(C)C)cc(=O)[nH]2)c1. The summed E-state index contributed by atoms with van der Waals surface area (Å²) in [6.07, 6.45) is 0. The molecule has 2 rings (SSSR count). The van der Waals surface area contributed by atoms with E-state index >= 15 is 0 Å². The molecule has 0 aliphatic heterocycles. The van der Waals surface area contributed by atoms with E-state index in [0.717, 1.165) is 11.4 Å². The van der Waals surface area contributed by atoms with E-state index in [2.05, 4.69) is 21.4 Å². The number of hydrogen-bond donors (Lipinski definition) is 2. The highest BCUT2D eigenvalue weighted by Gasteiger charge is 2.05. The molecule has 0 aliphatic carbocycles. The lowest BCUT2D eigenvalue weighted by Gasteiger charge is -2.10. The Kier molecular flexibility index (Phi) is 3.69. The van der Waals surface area contributed by atoms with Gasteiger partial charge >= 0.3 is 0 Å². The summed E-state index contributed by atoms with van der Waals surface area (Å²) in [5.41, 5.74) is 3.93. The van der Waals surface area contributed by atoms with Crippen LogP contribution in [0.15, 0.2) is 29.1 Å². The van der Waals surface area contributed by atoms with E-state index in [1.807, 2.05) is 39.8 Å².